The molecule has 0 fully saturated rings. The highest BCUT2D eigenvalue weighted by molar-refractivity contribution is 7.06. The van der Waals surface area contributed by atoms with Gasteiger partial charge in [0.25, 0.3) is 5.91 Å². The molecule has 0 bridgehead atoms. The van der Waals surface area contributed by atoms with Crippen LogP contribution in [0.15, 0.2) is 5.38 Å². The third-order valence-corrected chi connectivity index (χ3v) is 2.90. The highest BCUT2D eigenvalue weighted by atomic mass is 32.1. The summed E-state index contributed by atoms with van der Waals surface area (Å²) in [4.78, 5) is 23.6. The molecule has 3 amide bonds. The van der Waals surface area contributed by atoms with Gasteiger partial charge < -0.3 is 0 Å². The summed E-state index contributed by atoms with van der Waals surface area (Å²) in [5.41, 5.74) is 4.47. The summed E-state index contributed by atoms with van der Waals surface area (Å²) in [5, 5.41) is 11.1. The van der Waals surface area contributed by atoms with Crippen molar-refractivity contribution in [3.8, 4) is 0 Å². The molecule has 0 saturated carbocycles. The van der Waals surface area contributed by atoms with Gasteiger partial charge >= 0.3 is 6.03 Å². The predicted octanol–water partition coefficient (Wildman–Crippen LogP) is 0.165. The van der Waals surface area contributed by atoms with E-state index < -0.39 is 11.9 Å². The molecule has 0 atom stereocenters. The molecule has 3 N–H and O–H groups in total. The number of amides is 3. The van der Waals surface area contributed by atoms with Gasteiger partial charge in [-0.1, -0.05) is 8.98 Å². The van der Waals surface area contributed by atoms with Crippen molar-refractivity contribution in [3.63, 3.8) is 0 Å². The lowest BCUT2D eigenvalue weighted by atomic mass is 10.5. The monoisotopic (exact) mass is 285 g/mol. The number of carbonyl (C=O) groups excluding carboxylic acids is 2. The lowest BCUT2D eigenvalue weighted by Crippen LogP contribution is -2.44. The van der Waals surface area contributed by atoms with Crippen LogP contribution >= 0.6 is 23.1 Å². The molecule has 0 aliphatic carbocycles. The molecule has 0 aromatic carbocycles. The van der Waals surface area contributed by atoms with Crippen LogP contribution in [0.2, 0.25) is 0 Å². The number of rotatable bonds is 2. The maximum atomic E-state index is 11.4. The Morgan fingerprint density at radius 1 is 1.22 bits per heavy atom. The predicted molar refractivity (Wildman–Crippen MR) is 64.2 cm³/mol. The van der Waals surface area contributed by atoms with Crippen molar-refractivity contribution in [2.24, 2.45) is 0 Å². The van der Waals surface area contributed by atoms with Crippen LogP contribution in [0.5, 0.6) is 0 Å². The van der Waals surface area contributed by atoms with Gasteiger partial charge in [0, 0.05) is 5.38 Å². The number of hydrazine groups is 1. The zero-order chi connectivity index (χ0) is 13.0. The Morgan fingerprint density at radius 3 is 2.67 bits per heavy atom. The van der Waals surface area contributed by atoms with Crippen LogP contribution in [0.3, 0.4) is 0 Å². The van der Waals surface area contributed by atoms with Crippen LogP contribution in [0.4, 0.5) is 10.6 Å². The second kappa shape index (κ2) is 5.46. The van der Waals surface area contributed by atoms with Crippen molar-refractivity contribution in [1.29, 1.82) is 0 Å². The first-order valence-electron chi connectivity index (χ1n) is 4.60. The van der Waals surface area contributed by atoms with E-state index in [0.717, 1.165) is 27.9 Å². The Balaban J connectivity index is 1.82. The van der Waals surface area contributed by atoms with E-state index in [0.29, 0.717) is 5.82 Å². The summed E-state index contributed by atoms with van der Waals surface area (Å²) >= 11 is 2.20. The summed E-state index contributed by atoms with van der Waals surface area (Å²) in [6.07, 6.45) is 0. The lowest BCUT2D eigenvalue weighted by Gasteiger charge is -2.05. The molecule has 0 radical (unpaired) electrons. The fraction of sp³-hybridized carbons (Fsp3) is 0.143. The number of hydrogen-bond donors (Lipinski definition) is 3. The first-order valence-corrected chi connectivity index (χ1v) is 6.21. The lowest BCUT2D eigenvalue weighted by molar-refractivity contribution is 0.0933. The molecule has 2 aromatic heterocycles. The summed E-state index contributed by atoms with van der Waals surface area (Å²) in [5.74, 6) is -0.200. The van der Waals surface area contributed by atoms with Crippen LogP contribution in [0.25, 0.3) is 0 Å². The molecule has 0 aliphatic heterocycles. The van der Waals surface area contributed by atoms with E-state index in [2.05, 4.69) is 35.3 Å². The largest absolute Gasteiger partial charge is 0.339 e. The number of carbonyl (C=O) groups is 2. The van der Waals surface area contributed by atoms with E-state index in [1.165, 1.54) is 5.38 Å². The number of anilines is 1. The van der Waals surface area contributed by atoms with Gasteiger partial charge in [0.15, 0.2) is 11.5 Å². The highest BCUT2D eigenvalue weighted by Gasteiger charge is 2.11. The average Bonchev–Trinajstić information content (AvgIpc) is 2.99. The standard InChI is InChI=1S/C7H7N7O2S2/c1-3-5(10-14-18-3)8-7(16)12-11-6(15)4-2-17-13-9-4/h2H,1H3,(H,11,15)(H2,8,12,16). The van der Waals surface area contributed by atoms with Crippen molar-refractivity contribution >= 4 is 40.8 Å². The first-order chi connectivity index (χ1) is 8.66. The molecular formula is C7H7N7O2S2. The van der Waals surface area contributed by atoms with Gasteiger partial charge in [-0.15, -0.1) is 10.2 Å². The quantitative estimate of drug-likeness (QED) is 0.676. The number of nitrogens with one attached hydrogen (secondary N) is 3. The van der Waals surface area contributed by atoms with Gasteiger partial charge in [-0.2, -0.15) is 0 Å². The molecule has 11 heteroatoms. The van der Waals surface area contributed by atoms with E-state index in [4.69, 9.17) is 0 Å². The number of aromatic nitrogens is 4. The summed E-state index contributed by atoms with van der Waals surface area (Å²) in [7, 11) is 0. The van der Waals surface area contributed by atoms with Gasteiger partial charge in [-0.05, 0) is 30.0 Å². The molecule has 18 heavy (non-hydrogen) atoms. The number of aryl methyl sites for hydroxylation is 1. The third kappa shape index (κ3) is 2.95. The Hall–Kier alpha value is -2.14. The second-order valence-corrected chi connectivity index (χ2v) is 4.57. The van der Waals surface area contributed by atoms with Crippen LogP contribution in [0, 0.1) is 6.92 Å². The molecule has 2 rings (SSSR count). The van der Waals surface area contributed by atoms with Gasteiger partial charge in [0.2, 0.25) is 0 Å². The fourth-order valence-electron chi connectivity index (χ4n) is 0.929. The van der Waals surface area contributed by atoms with Gasteiger partial charge in [-0.25, -0.2) is 10.2 Å². The summed E-state index contributed by atoms with van der Waals surface area (Å²) in [6, 6.07) is -0.623. The number of nitrogens with zero attached hydrogens (tertiary/aromatic N) is 4. The Labute approximate surface area is 109 Å². The Bertz CT molecular complexity index is 552. The summed E-state index contributed by atoms with van der Waals surface area (Å²) < 4.78 is 7.18. The van der Waals surface area contributed by atoms with Crippen LogP contribution in [-0.2, 0) is 0 Å². The van der Waals surface area contributed by atoms with Gasteiger partial charge in [0.05, 0.1) is 4.88 Å². The molecule has 2 heterocycles. The van der Waals surface area contributed by atoms with Gasteiger partial charge in [-0.3, -0.25) is 15.5 Å². The third-order valence-electron chi connectivity index (χ3n) is 1.77. The molecule has 0 saturated heterocycles. The maximum absolute atomic E-state index is 11.4. The van der Waals surface area contributed by atoms with E-state index >= 15 is 0 Å². The first kappa shape index (κ1) is 12.3. The van der Waals surface area contributed by atoms with E-state index in [1.54, 1.807) is 6.92 Å². The van der Waals surface area contributed by atoms with E-state index in [9.17, 15) is 9.59 Å². The SMILES string of the molecule is Cc1snnc1NC(=O)NNC(=O)c1csnn1. The fourth-order valence-corrected chi connectivity index (χ4v) is 1.79. The zero-order valence-corrected chi connectivity index (χ0v) is 10.6. The van der Waals surface area contributed by atoms with Crippen molar-refractivity contribution in [2.45, 2.75) is 6.92 Å². The minimum Gasteiger partial charge on any atom is -0.288 e. The molecule has 0 aliphatic rings. The molecular weight excluding hydrogens is 278 g/mol. The van der Waals surface area contributed by atoms with Crippen LogP contribution in [-0.4, -0.2) is 31.1 Å². The smallest absolute Gasteiger partial charge is 0.288 e. The molecule has 9 nitrogen and oxygen atoms in total. The Kier molecular flexibility index (Phi) is 3.74. The molecule has 0 spiro atoms. The number of hydrogen-bond acceptors (Lipinski definition) is 8. The second-order valence-electron chi connectivity index (χ2n) is 3.00. The minimum atomic E-state index is -0.623. The molecule has 0 unspecified atom stereocenters. The van der Waals surface area contributed by atoms with Crippen molar-refractivity contribution in [3.05, 3.63) is 16.0 Å². The van der Waals surface area contributed by atoms with E-state index in [1.807, 2.05) is 0 Å². The molecule has 2 aromatic rings. The maximum Gasteiger partial charge on any atom is 0.339 e. The summed E-state index contributed by atoms with van der Waals surface area (Å²) in [6.45, 7) is 1.76. The van der Waals surface area contributed by atoms with Crippen LogP contribution in [0.1, 0.15) is 15.4 Å². The highest BCUT2D eigenvalue weighted by Crippen LogP contribution is 2.12. The minimum absolute atomic E-state index is 0.131. The average molecular weight is 285 g/mol. The van der Waals surface area contributed by atoms with Gasteiger partial charge in [0.1, 0.15) is 0 Å². The molecule has 94 valence electrons. The zero-order valence-electron chi connectivity index (χ0n) is 9.00. The topological polar surface area (TPSA) is 122 Å². The number of urea groups is 1. The normalized spacial score (nSPS) is 9.83. The van der Waals surface area contributed by atoms with Crippen molar-refractivity contribution in [1.82, 2.24) is 30.0 Å². The van der Waals surface area contributed by atoms with Crippen molar-refractivity contribution < 1.29 is 9.59 Å². The van der Waals surface area contributed by atoms with Crippen molar-refractivity contribution in [2.75, 3.05) is 5.32 Å². The van der Waals surface area contributed by atoms with E-state index in [-0.39, 0.29) is 5.69 Å². The van der Waals surface area contributed by atoms with Crippen LogP contribution < -0.4 is 16.2 Å². The Morgan fingerprint density at radius 2 is 2.06 bits per heavy atom.